The highest BCUT2D eigenvalue weighted by Crippen LogP contribution is 2.33. The average molecular weight is 438 g/mol. The van der Waals surface area contributed by atoms with Crippen molar-refractivity contribution in [1.29, 1.82) is 0 Å². The lowest BCUT2D eigenvalue weighted by Crippen LogP contribution is -2.37. The van der Waals surface area contributed by atoms with Gasteiger partial charge in [-0.25, -0.2) is 9.97 Å². The number of anilines is 1. The Morgan fingerprint density at radius 2 is 1.94 bits per heavy atom. The molecule has 3 rings (SSSR count). The summed E-state index contributed by atoms with van der Waals surface area (Å²) >= 11 is 0. The van der Waals surface area contributed by atoms with Gasteiger partial charge in [-0.15, -0.1) is 0 Å². The van der Waals surface area contributed by atoms with Crippen LogP contribution in [-0.2, 0) is 11.2 Å². The smallest absolute Gasteiger partial charge is 0.378 e. The molecule has 7 nitrogen and oxygen atoms in total. The lowest BCUT2D eigenvalue weighted by atomic mass is 9.86. The van der Waals surface area contributed by atoms with Gasteiger partial charge in [-0.3, -0.25) is 9.98 Å². The zero-order chi connectivity index (χ0) is 22.3. The number of morpholine rings is 1. The van der Waals surface area contributed by atoms with Gasteiger partial charge >= 0.3 is 6.18 Å². The van der Waals surface area contributed by atoms with E-state index in [2.05, 4.69) is 21.7 Å². The first kappa shape index (κ1) is 23.3. The van der Waals surface area contributed by atoms with Crippen LogP contribution < -0.4 is 10.6 Å². The summed E-state index contributed by atoms with van der Waals surface area (Å²) in [6.45, 7) is 5.16. The lowest BCUT2D eigenvalue weighted by molar-refractivity contribution is -0.0914. The van der Waals surface area contributed by atoms with Crippen molar-refractivity contribution in [1.82, 2.24) is 9.97 Å². The molecule has 0 bridgehead atoms. The number of aromatic nitrogens is 2. The normalized spacial score (nSPS) is 19.5. The van der Waals surface area contributed by atoms with Gasteiger partial charge in [0.1, 0.15) is 0 Å². The van der Waals surface area contributed by atoms with Crippen molar-refractivity contribution in [3.8, 4) is 0 Å². The molecule has 2 heterocycles. The summed E-state index contributed by atoms with van der Waals surface area (Å²) in [5.41, 5.74) is 4.86. The molecular weight excluding hydrogens is 409 g/mol. The monoisotopic (exact) mass is 438 g/mol. The van der Waals surface area contributed by atoms with Crippen molar-refractivity contribution in [3.63, 3.8) is 0 Å². The van der Waals surface area contributed by atoms with Crippen LogP contribution in [-0.4, -0.2) is 62.0 Å². The summed E-state index contributed by atoms with van der Waals surface area (Å²) in [7, 11) is 0. The Bertz CT molecular complexity index is 812. The summed E-state index contributed by atoms with van der Waals surface area (Å²) in [4.78, 5) is 18.2. The second-order valence-corrected chi connectivity index (χ2v) is 7.76. The van der Waals surface area contributed by atoms with Crippen LogP contribution in [0.3, 0.4) is 0 Å². The fourth-order valence-electron chi connectivity index (χ4n) is 4.04. The number of hydrogen-bond donors (Lipinski definition) is 1. The van der Waals surface area contributed by atoms with E-state index in [-0.39, 0.29) is 17.9 Å². The van der Waals surface area contributed by atoms with Crippen LogP contribution in [0.15, 0.2) is 21.7 Å². The second kappa shape index (κ2) is 10.8. The van der Waals surface area contributed by atoms with Crippen molar-refractivity contribution in [2.24, 2.45) is 21.6 Å². The molecule has 1 aliphatic heterocycles. The minimum absolute atomic E-state index is 0.124. The third-order valence-electron chi connectivity index (χ3n) is 5.57. The Kier molecular flexibility index (Phi) is 8.14. The molecule has 1 saturated heterocycles. The zero-order valence-corrected chi connectivity index (χ0v) is 17.6. The van der Waals surface area contributed by atoms with Crippen LogP contribution >= 0.6 is 0 Å². The van der Waals surface area contributed by atoms with Crippen LogP contribution in [0, 0.1) is 5.92 Å². The maximum atomic E-state index is 13.7. The van der Waals surface area contributed by atoms with Gasteiger partial charge in [0.25, 0.3) is 0 Å². The molecule has 1 aliphatic carbocycles. The fourth-order valence-corrected chi connectivity index (χ4v) is 4.04. The van der Waals surface area contributed by atoms with Crippen molar-refractivity contribution < 1.29 is 17.9 Å². The van der Waals surface area contributed by atoms with E-state index < -0.39 is 11.9 Å². The van der Waals surface area contributed by atoms with Gasteiger partial charge in [0.2, 0.25) is 5.95 Å². The molecule has 2 fully saturated rings. The van der Waals surface area contributed by atoms with Crippen LogP contribution in [0.5, 0.6) is 0 Å². The molecule has 0 radical (unpaired) electrons. The Balaban J connectivity index is 2.08. The van der Waals surface area contributed by atoms with Gasteiger partial charge in [0.05, 0.1) is 25.6 Å². The third-order valence-corrected chi connectivity index (χ3v) is 5.57. The van der Waals surface area contributed by atoms with E-state index in [0.717, 1.165) is 24.8 Å². The van der Waals surface area contributed by atoms with E-state index in [9.17, 15) is 13.2 Å². The highest BCUT2D eigenvalue weighted by atomic mass is 19.4. The fraction of sp³-hybridized carbons (Fsp3) is 0.619. The van der Waals surface area contributed by atoms with E-state index in [4.69, 9.17) is 15.5 Å². The quantitative estimate of drug-likeness (QED) is 0.659. The van der Waals surface area contributed by atoms with Crippen LogP contribution in [0.1, 0.15) is 43.5 Å². The number of hydrogen-bond acceptors (Lipinski definition) is 7. The second-order valence-electron chi connectivity index (χ2n) is 7.76. The molecule has 1 saturated carbocycles. The summed E-state index contributed by atoms with van der Waals surface area (Å²) in [5, 5.41) is 0. The van der Waals surface area contributed by atoms with Crippen LogP contribution in [0.2, 0.25) is 0 Å². The molecule has 31 heavy (non-hydrogen) atoms. The Hall–Kier alpha value is -2.33. The Labute approximate surface area is 180 Å². The maximum absolute atomic E-state index is 13.7. The van der Waals surface area contributed by atoms with Crippen molar-refractivity contribution in [2.45, 2.75) is 44.7 Å². The predicted molar refractivity (Wildman–Crippen MR) is 115 cm³/mol. The van der Waals surface area contributed by atoms with Crippen LogP contribution in [0.25, 0.3) is 5.57 Å². The first-order chi connectivity index (χ1) is 14.9. The minimum atomic E-state index is -4.70. The highest BCUT2D eigenvalue weighted by Gasteiger charge is 2.37. The molecule has 0 spiro atoms. The lowest BCUT2D eigenvalue weighted by Gasteiger charge is -2.28. The third kappa shape index (κ3) is 6.33. The zero-order valence-electron chi connectivity index (χ0n) is 17.6. The topological polar surface area (TPSA) is 89.0 Å². The van der Waals surface area contributed by atoms with E-state index >= 15 is 0 Å². The van der Waals surface area contributed by atoms with E-state index in [1.165, 1.54) is 19.3 Å². The van der Waals surface area contributed by atoms with Gasteiger partial charge in [0.15, 0.2) is 5.70 Å². The Morgan fingerprint density at radius 3 is 2.55 bits per heavy atom. The summed E-state index contributed by atoms with van der Waals surface area (Å²) in [5.74, 6) is 0.870. The number of rotatable bonds is 7. The summed E-state index contributed by atoms with van der Waals surface area (Å²) < 4.78 is 46.4. The average Bonchev–Trinajstić information content (AvgIpc) is 2.77. The van der Waals surface area contributed by atoms with Gasteiger partial charge < -0.3 is 15.4 Å². The molecule has 0 amide bonds. The summed E-state index contributed by atoms with van der Waals surface area (Å²) in [6, 6.07) is 1.62. The van der Waals surface area contributed by atoms with Gasteiger partial charge in [-0.2, -0.15) is 13.2 Å². The number of ether oxygens (including phenoxy) is 1. The first-order valence-corrected chi connectivity index (χ1v) is 10.6. The predicted octanol–water partition coefficient (Wildman–Crippen LogP) is 3.40. The molecule has 1 aromatic heterocycles. The molecule has 2 N–H and O–H groups in total. The maximum Gasteiger partial charge on any atom is 0.434 e. The molecule has 0 atom stereocenters. The minimum Gasteiger partial charge on any atom is -0.378 e. The number of alkyl halides is 3. The molecule has 2 aliphatic rings. The molecule has 10 heteroatoms. The highest BCUT2D eigenvalue weighted by molar-refractivity contribution is 6.10. The van der Waals surface area contributed by atoms with Gasteiger partial charge in [-0.05, 0) is 25.1 Å². The molecule has 170 valence electrons. The molecule has 1 aromatic rings. The standard InChI is InChI=1S/C21H29F3N6O/c1-26-19(21(22,23)24)17(13-27-14-25)18-12-16(11-15-5-3-2-4-6-15)28-20(29-18)30-7-9-31-10-8-30/h12-13,15H,1-11,14,25H2/b19-17+,27-13-. The van der Waals surface area contributed by atoms with Crippen molar-refractivity contribution in [3.05, 3.63) is 23.2 Å². The number of nitrogens with two attached hydrogens (primary N) is 1. The van der Waals surface area contributed by atoms with Crippen LogP contribution in [0.4, 0.5) is 19.1 Å². The molecule has 0 aromatic carbocycles. The first-order valence-electron chi connectivity index (χ1n) is 10.6. The number of nitrogens with zero attached hydrogens (tertiary/aromatic N) is 5. The molecular formula is C21H29F3N6O. The van der Waals surface area contributed by atoms with E-state index in [0.29, 0.717) is 44.6 Å². The number of allylic oxidation sites excluding steroid dienone is 2. The molecule has 0 unspecified atom stereocenters. The number of aliphatic imine (C=N–C) groups is 2. The Morgan fingerprint density at radius 1 is 1.23 bits per heavy atom. The van der Waals surface area contributed by atoms with Gasteiger partial charge in [-0.1, -0.05) is 32.1 Å². The van der Waals surface area contributed by atoms with E-state index in [1.54, 1.807) is 6.07 Å². The van der Waals surface area contributed by atoms with Crippen molar-refractivity contribution in [2.75, 3.05) is 37.9 Å². The van der Waals surface area contributed by atoms with E-state index in [1.807, 2.05) is 4.90 Å². The number of halogens is 3. The largest absolute Gasteiger partial charge is 0.434 e. The van der Waals surface area contributed by atoms with Gasteiger partial charge in [0, 0.05) is 30.6 Å². The van der Waals surface area contributed by atoms with Crippen molar-refractivity contribution >= 4 is 24.5 Å². The summed E-state index contributed by atoms with van der Waals surface area (Å²) in [6.07, 6.45) is 2.86. The SMILES string of the molecule is C=N/C(=C(\C=N/CN)c1cc(CC2CCCCC2)nc(N2CCOCC2)n1)C(F)(F)F.